The first-order valence-corrected chi connectivity index (χ1v) is 9.15. The Bertz CT molecular complexity index is 1240. The number of anilines is 1. The van der Waals surface area contributed by atoms with Crippen LogP contribution < -0.4 is 5.32 Å². The Balaban J connectivity index is 1.70. The molecule has 0 spiro atoms. The summed E-state index contributed by atoms with van der Waals surface area (Å²) in [5.74, 6) is 1.22. The van der Waals surface area contributed by atoms with E-state index in [2.05, 4.69) is 52.7 Å². The maximum atomic E-state index is 12.6. The average molecular weight is 373 g/mol. The molecule has 5 rings (SSSR count). The fourth-order valence-electron chi connectivity index (χ4n) is 3.95. The van der Waals surface area contributed by atoms with Gasteiger partial charge in [-0.3, -0.25) is 4.79 Å². The SMILES string of the molecule is Cc1ccc(C)c([C@H]2CC(=O)Nc3c2c(C)nn3-c2ccc3nncn3n2)c1. The molecule has 0 fully saturated rings. The molecular weight excluding hydrogens is 354 g/mol. The monoisotopic (exact) mass is 373 g/mol. The van der Waals surface area contributed by atoms with Gasteiger partial charge in [-0.1, -0.05) is 23.8 Å². The molecule has 1 aliphatic rings. The van der Waals surface area contributed by atoms with E-state index in [1.807, 2.05) is 19.1 Å². The normalized spacial score (nSPS) is 16.2. The number of carbonyl (C=O) groups is 1. The quantitative estimate of drug-likeness (QED) is 0.583. The van der Waals surface area contributed by atoms with Crippen LogP contribution in [0, 0.1) is 20.8 Å². The second kappa shape index (κ2) is 5.98. The first-order valence-electron chi connectivity index (χ1n) is 9.15. The number of nitrogens with zero attached hydrogens (tertiary/aromatic N) is 6. The minimum atomic E-state index is -0.0314. The van der Waals surface area contributed by atoms with Crippen molar-refractivity contribution in [2.75, 3.05) is 5.32 Å². The van der Waals surface area contributed by atoms with Gasteiger partial charge in [0, 0.05) is 17.9 Å². The van der Waals surface area contributed by atoms with E-state index in [0.717, 1.165) is 11.3 Å². The first kappa shape index (κ1) is 16.6. The van der Waals surface area contributed by atoms with Crippen LogP contribution in [-0.2, 0) is 4.79 Å². The highest BCUT2D eigenvalue weighted by atomic mass is 16.1. The molecule has 0 saturated carbocycles. The lowest BCUT2D eigenvalue weighted by atomic mass is 9.83. The summed E-state index contributed by atoms with van der Waals surface area (Å²) in [7, 11) is 0. The zero-order valence-corrected chi connectivity index (χ0v) is 15.8. The molecule has 0 saturated heterocycles. The van der Waals surface area contributed by atoms with E-state index in [1.165, 1.54) is 16.7 Å². The fraction of sp³-hybridized carbons (Fsp3) is 0.250. The van der Waals surface area contributed by atoms with Crippen LogP contribution in [0.2, 0.25) is 0 Å². The van der Waals surface area contributed by atoms with Crippen LogP contribution in [0.3, 0.4) is 0 Å². The number of hydrogen-bond acceptors (Lipinski definition) is 5. The van der Waals surface area contributed by atoms with E-state index in [9.17, 15) is 4.79 Å². The van der Waals surface area contributed by atoms with Crippen molar-refractivity contribution in [1.29, 1.82) is 0 Å². The van der Waals surface area contributed by atoms with Crippen molar-refractivity contribution in [3.63, 3.8) is 0 Å². The molecule has 8 heteroatoms. The van der Waals surface area contributed by atoms with E-state index in [0.29, 0.717) is 23.7 Å². The number of aryl methyl sites for hydroxylation is 3. The topological polar surface area (TPSA) is 90.0 Å². The summed E-state index contributed by atoms with van der Waals surface area (Å²) in [5.41, 5.74) is 6.09. The largest absolute Gasteiger partial charge is 0.310 e. The van der Waals surface area contributed by atoms with E-state index in [4.69, 9.17) is 5.10 Å². The van der Waals surface area contributed by atoms with Crippen LogP contribution >= 0.6 is 0 Å². The van der Waals surface area contributed by atoms with Crippen molar-refractivity contribution in [2.45, 2.75) is 33.1 Å². The number of carbonyl (C=O) groups excluding carboxylic acids is 1. The molecule has 1 atom stereocenters. The molecule has 0 unspecified atom stereocenters. The third-order valence-corrected chi connectivity index (χ3v) is 5.28. The number of hydrogen-bond donors (Lipinski definition) is 1. The predicted molar refractivity (Wildman–Crippen MR) is 104 cm³/mol. The molecule has 140 valence electrons. The Morgan fingerprint density at radius 1 is 1.11 bits per heavy atom. The number of benzene rings is 1. The van der Waals surface area contributed by atoms with Gasteiger partial charge in [0.1, 0.15) is 12.1 Å². The van der Waals surface area contributed by atoms with Gasteiger partial charge < -0.3 is 5.32 Å². The van der Waals surface area contributed by atoms with Crippen molar-refractivity contribution < 1.29 is 4.79 Å². The van der Waals surface area contributed by atoms with Crippen molar-refractivity contribution in [3.8, 4) is 5.82 Å². The summed E-state index contributed by atoms with van der Waals surface area (Å²) in [6, 6.07) is 10.0. The Morgan fingerprint density at radius 2 is 1.96 bits per heavy atom. The van der Waals surface area contributed by atoms with E-state index in [-0.39, 0.29) is 11.8 Å². The van der Waals surface area contributed by atoms with Crippen LogP contribution in [0.5, 0.6) is 0 Å². The number of amides is 1. The molecule has 28 heavy (non-hydrogen) atoms. The summed E-state index contributed by atoms with van der Waals surface area (Å²) >= 11 is 0. The first-order chi connectivity index (χ1) is 13.5. The fourth-order valence-corrected chi connectivity index (χ4v) is 3.95. The zero-order chi connectivity index (χ0) is 19.4. The van der Waals surface area contributed by atoms with Crippen LogP contribution in [-0.4, -0.2) is 35.5 Å². The van der Waals surface area contributed by atoms with Crippen LogP contribution in [0.15, 0.2) is 36.7 Å². The van der Waals surface area contributed by atoms with Gasteiger partial charge in [-0.05, 0) is 44.0 Å². The van der Waals surface area contributed by atoms with E-state index in [1.54, 1.807) is 15.5 Å². The Hall–Kier alpha value is -3.55. The minimum Gasteiger partial charge on any atom is -0.310 e. The van der Waals surface area contributed by atoms with Crippen molar-refractivity contribution in [3.05, 3.63) is 64.6 Å². The maximum Gasteiger partial charge on any atom is 0.226 e. The third kappa shape index (κ3) is 2.49. The zero-order valence-electron chi connectivity index (χ0n) is 15.8. The van der Waals surface area contributed by atoms with Crippen molar-refractivity contribution >= 4 is 17.4 Å². The van der Waals surface area contributed by atoms with Crippen molar-refractivity contribution in [1.82, 2.24) is 29.6 Å². The highest BCUT2D eigenvalue weighted by Gasteiger charge is 2.33. The lowest BCUT2D eigenvalue weighted by molar-refractivity contribution is -0.116. The highest BCUT2D eigenvalue weighted by Crippen LogP contribution is 2.41. The second-order valence-corrected chi connectivity index (χ2v) is 7.25. The number of aromatic nitrogens is 6. The lowest BCUT2D eigenvalue weighted by Gasteiger charge is -2.25. The molecule has 0 bridgehead atoms. The van der Waals surface area contributed by atoms with Gasteiger partial charge in [0.2, 0.25) is 5.91 Å². The smallest absolute Gasteiger partial charge is 0.226 e. The number of rotatable bonds is 2. The summed E-state index contributed by atoms with van der Waals surface area (Å²) in [5, 5.41) is 20.1. The molecule has 1 aliphatic heterocycles. The Labute approximate surface area is 161 Å². The van der Waals surface area contributed by atoms with Gasteiger partial charge in [0.15, 0.2) is 11.5 Å². The molecule has 1 amide bonds. The van der Waals surface area contributed by atoms with Gasteiger partial charge in [-0.15, -0.1) is 15.3 Å². The van der Waals surface area contributed by atoms with Crippen LogP contribution in [0.25, 0.3) is 11.5 Å². The Kier molecular flexibility index (Phi) is 3.55. The maximum absolute atomic E-state index is 12.6. The third-order valence-electron chi connectivity index (χ3n) is 5.28. The van der Waals surface area contributed by atoms with Crippen LogP contribution in [0.1, 0.15) is 40.3 Å². The highest BCUT2D eigenvalue weighted by molar-refractivity contribution is 5.95. The van der Waals surface area contributed by atoms with Gasteiger partial charge in [-0.25, -0.2) is 0 Å². The number of fused-ring (bicyclic) bond motifs is 2. The molecule has 4 heterocycles. The summed E-state index contributed by atoms with van der Waals surface area (Å²) in [6.07, 6.45) is 1.95. The predicted octanol–water partition coefficient (Wildman–Crippen LogP) is 2.71. The van der Waals surface area contributed by atoms with E-state index < -0.39 is 0 Å². The molecule has 0 aliphatic carbocycles. The summed E-state index contributed by atoms with van der Waals surface area (Å²) in [6.45, 7) is 6.13. The van der Waals surface area contributed by atoms with E-state index >= 15 is 0 Å². The molecule has 1 N–H and O–H groups in total. The second-order valence-electron chi connectivity index (χ2n) is 7.25. The number of nitrogens with one attached hydrogen (secondary N) is 1. The molecule has 1 aromatic carbocycles. The summed E-state index contributed by atoms with van der Waals surface area (Å²) < 4.78 is 3.28. The minimum absolute atomic E-state index is 0.0232. The Morgan fingerprint density at radius 3 is 2.82 bits per heavy atom. The average Bonchev–Trinajstić information content (AvgIpc) is 3.27. The molecule has 8 nitrogen and oxygen atoms in total. The van der Waals surface area contributed by atoms with Gasteiger partial charge in [-0.2, -0.15) is 14.3 Å². The summed E-state index contributed by atoms with van der Waals surface area (Å²) in [4.78, 5) is 12.6. The molecular formula is C20H19N7O. The van der Waals surface area contributed by atoms with Gasteiger partial charge >= 0.3 is 0 Å². The standard InChI is InChI=1S/C20H19N7O/c1-11-4-5-12(2)14(8-11)15-9-18(28)22-20-19(15)13(3)24-27(20)17-7-6-16-23-21-10-26(16)25-17/h4-8,10,15H,9H2,1-3H3,(H,22,28)/t15-/m1/s1. The molecule has 3 aromatic heterocycles. The van der Waals surface area contributed by atoms with Crippen LogP contribution in [0.4, 0.5) is 5.82 Å². The van der Waals surface area contributed by atoms with Gasteiger partial charge in [0.25, 0.3) is 0 Å². The molecule has 0 radical (unpaired) electrons. The molecule has 4 aromatic rings. The van der Waals surface area contributed by atoms with Gasteiger partial charge in [0.05, 0.1) is 5.69 Å². The van der Waals surface area contributed by atoms with Crippen molar-refractivity contribution in [2.24, 2.45) is 0 Å². The lowest BCUT2D eigenvalue weighted by Crippen LogP contribution is -2.25.